The molecule has 0 saturated carbocycles. The van der Waals surface area contributed by atoms with E-state index in [1.165, 1.54) is 0 Å². The third-order valence-electron chi connectivity index (χ3n) is 3.03. The second-order valence-corrected chi connectivity index (χ2v) is 4.26. The topological polar surface area (TPSA) is 86.0 Å². The normalized spacial score (nSPS) is 10.7. The SMILES string of the molecule is COc1ccc(-c2nc3nc(N)ccc3[nH]2)c(OC)c1. The molecule has 3 aromatic rings. The molecule has 0 spiro atoms. The van der Waals surface area contributed by atoms with Crippen LogP contribution in [-0.4, -0.2) is 29.2 Å². The number of aromatic amines is 1. The average molecular weight is 270 g/mol. The molecule has 0 unspecified atom stereocenters. The lowest BCUT2D eigenvalue weighted by molar-refractivity contribution is 0.395. The lowest BCUT2D eigenvalue weighted by Crippen LogP contribution is -1.91. The molecule has 0 saturated heterocycles. The number of fused-ring (bicyclic) bond motifs is 1. The molecule has 0 aliphatic carbocycles. The molecule has 3 rings (SSSR count). The van der Waals surface area contributed by atoms with E-state index in [0.717, 1.165) is 16.8 Å². The maximum atomic E-state index is 5.66. The molecule has 2 aromatic heterocycles. The smallest absolute Gasteiger partial charge is 0.180 e. The summed E-state index contributed by atoms with van der Waals surface area (Å²) in [5.74, 6) is 2.52. The van der Waals surface area contributed by atoms with Gasteiger partial charge in [0.2, 0.25) is 0 Å². The molecule has 6 nitrogen and oxygen atoms in total. The van der Waals surface area contributed by atoms with Gasteiger partial charge in [-0.3, -0.25) is 0 Å². The van der Waals surface area contributed by atoms with E-state index < -0.39 is 0 Å². The van der Waals surface area contributed by atoms with Crippen molar-refractivity contribution in [1.29, 1.82) is 0 Å². The minimum Gasteiger partial charge on any atom is -0.497 e. The second kappa shape index (κ2) is 4.73. The van der Waals surface area contributed by atoms with Crippen molar-refractivity contribution < 1.29 is 9.47 Å². The van der Waals surface area contributed by atoms with Gasteiger partial charge in [-0.25, -0.2) is 9.97 Å². The number of nitrogens with zero attached hydrogens (tertiary/aromatic N) is 2. The second-order valence-electron chi connectivity index (χ2n) is 4.26. The molecule has 0 aliphatic rings. The number of aromatic nitrogens is 3. The van der Waals surface area contributed by atoms with E-state index in [4.69, 9.17) is 15.2 Å². The number of ether oxygens (including phenoxy) is 2. The number of pyridine rings is 1. The van der Waals surface area contributed by atoms with Gasteiger partial charge in [-0.2, -0.15) is 0 Å². The van der Waals surface area contributed by atoms with E-state index in [2.05, 4.69) is 15.0 Å². The predicted octanol–water partition coefficient (Wildman–Crippen LogP) is 2.22. The van der Waals surface area contributed by atoms with E-state index in [-0.39, 0.29) is 0 Å². The van der Waals surface area contributed by atoms with Crippen LogP contribution in [-0.2, 0) is 0 Å². The number of imidazole rings is 1. The Morgan fingerprint density at radius 1 is 1.05 bits per heavy atom. The zero-order chi connectivity index (χ0) is 14.1. The zero-order valence-corrected chi connectivity index (χ0v) is 11.2. The van der Waals surface area contributed by atoms with Crippen LogP contribution >= 0.6 is 0 Å². The number of hydrogen-bond acceptors (Lipinski definition) is 5. The first-order valence-electron chi connectivity index (χ1n) is 6.06. The highest BCUT2D eigenvalue weighted by molar-refractivity contribution is 5.79. The van der Waals surface area contributed by atoms with Crippen molar-refractivity contribution in [2.24, 2.45) is 0 Å². The van der Waals surface area contributed by atoms with Crippen molar-refractivity contribution in [3.05, 3.63) is 30.3 Å². The first-order chi connectivity index (χ1) is 9.71. The molecule has 3 N–H and O–H groups in total. The highest BCUT2D eigenvalue weighted by Gasteiger charge is 2.12. The summed E-state index contributed by atoms with van der Waals surface area (Å²) in [6.45, 7) is 0. The molecule has 102 valence electrons. The standard InChI is InChI=1S/C14H14N4O2/c1-19-8-3-4-9(11(7-8)20-2)13-16-10-5-6-12(15)17-14(10)18-13/h3-7H,1-2H3,(H3,15,16,17,18). The van der Waals surface area contributed by atoms with Gasteiger partial charge in [0.25, 0.3) is 0 Å². The van der Waals surface area contributed by atoms with Gasteiger partial charge >= 0.3 is 0 Å². The lowest BCUT2D eigenvalue weighted by Gasteiger charge is -2.08. The minimum absolute atomic E-state index is 0.442. The van der Waals surface area contributed by atoms with Gasteiger partial charge in [0, 0.05) is 6.07 Å². The number of methoxy groups -OCH3 is 2. The Balaban J connectivity index is 2.14. The van der Waals surface area contributed by atoms with Crippen molar-refractivity contribution in [2.75, 3.05) is 20.0 Å². The molecule has 20 heavy (non-hydrogen) atoms. The van der Waals surface area contributed by atoms with Crippen LogP contribution in [0.25, 0.3) is 22.6 Å². The summed E-state index contributed by atoms with van der Waals surface area (Å²) in [7, 11) is 3.22. The Bertz CT molecular complexity index is 767. The summed E-state index contributed by atoms with van der Waals surface area (Å²) in [5.41, 5.74) is 7.90. The third kappa shape index (κ3) is 2.01. The van der Waals surface area contributed by atoms with Gasteiger partial charge in [-0.05, 0) is 24.3 Å². The highest BCUT2D eigenvalue weighted by atomic mass is 16.5. The van der Waals surface area contributed by atoms with Crippen LogP contribution in [0.2, 0.25) is 0 Å². The van der Waals surface area contributed by atoms with Gasteiger partial charge in [0.05, 0.1) is 25.3 Å². The third-order valence-corrected chi connectivity index (χ3v) is 3.03. The molecule has 0 bridgehead atoms. The van der Waals surface area contributed by atoms with Gasteiger partial charge in [0.1, 0.15) is 23.1 Å². The number of H-pyrrole nitrogens is 1. The fourth-order valence-electron chi connectivity index (χ4n) is 2.03. The maximum absolute atomic E-state index is 5.66. The summed E-state index contributed by atoms with van der Waals surface area (Å²) in [5, 5.41) is 0. The molecule has 6 heteroatoms. The Hall–Kier alpha value is -2.76. The van der Waals surface area contributed by atoms with Crippen LogP contribution < -0.4 is 15.2 Å². The number of benzene rings is 1. The van der Waals surface area contributed by atoms with Crippen LogP contribution in [0.1, 0.15) is 0 Å². The molecule has 0 aliphatic heterocycles. The van der Waals surface area contributed by atoms with Crippen LogP contribution in [0.5, 0.6) is 11.5 Å². The van der Waals surface area contributed by atoms with Crippen molar-refractivity contribution in [1.82, 2.24) is 15.0 Å². The quantitative estimate of drug-likeness (QED) is 0.762. The van der Waals surface area contributed by atoms with E-state index in [9.17, 15) is 0 Å². The number of nitrogens with one attached hydrogen (secondary N) is 1. The van der Waals surface area contributed by atoms with Crippen LogP contribution in [0.3, 0.4) is 0 Å². The minimum atomic E-state index is 0.442. The predicted molar refractivity (Wildman–Crippen MR) is 76.8 cm³/mol. The first-order valence-corrected chi connectivity index (χ1v) is 6.06. The summed E-state index contributed by atoms with van der Waals surface area (Å²) in [6, 6.07) is 9.13. The lowest BCUT2D eigenvalue weighted by atomic mass is 10.2. The molecular formula is C14H14N4O2. The van der Waals surface area contributed by atoms with E-state index in [1.54, 1.807) is 20.3 Å². The molecule has 1 aromatic carbocycles. The van der Waals surface area contributed by atoms with Gasteiger partial charge in [-0.1, -0.05) is 0 Å². The fraction of sp³-hybridized carbons (Fsp3) is 0.143. The Morgan fingerprint density at radius 3 is 2.65 bits per heavy atom. The first kappa shape index (κ1) is 12.3. The van der Waals surface area contributed by atoms with Crippen molar-refractivity contribution in [3.63, 3.8) is 0 Å². The summed E-state index contributed by atoms with van der Waals surface area (Å²) in [4.78, 5) is 11.8. The van der Waals surface area contributed by atoms with Crippen molar-refractivity contribution in [2.45, 2.75) is 0 Å². The van der Waals surface area contributed by atoms with Crippen LogP contribution in [0.15, 0.2) is 30.3 Å². The Kier molecular flexibility index (Phi) is 2.90. The van der Waals surface area contributed by atoms with Crippen LogP contribution in [0.4, 0.5) is 5.82 Å². The summed E-state index contributed by atoms with van der Waals surface area (Å²) >= 11 is 0. The average Bonchev–Trinajstić information content (AvgIpc) is 2.89. The van der Waals surface area contributed by atoms with E-state index >= 15 is 0 Å². The number of rotatable bonds is 3. The molecule has 0 amide bonds. The molecule has 0 fully saturated rings. The van der Waals surface area contributed by atoms with Gasteiger partial charge in [0.15, 0.2) is 5.65 Å². The molecule has 2 heterocycles. The van der Waals surface area contributed by atoms with Crippen molar-refractivity contribution >= 4 is 17.0 Å². The van der Waals surface area contributed by atoms with Gasteiger partial charge in [-0.15, -0.1) is 0 Å². The molecular weight excluding hydrogens is 256 g/mol. The monoisotopic (exact) mass is 270 g/mol. The van der Waals surface area contributed by atoms with Crippen molar-refractivity contribution in [3.8, 4) is 22.9 Å². The van der Waals surface area contributed by atoms with Crippen LogP contribution in [0, 0.1) is 0 Å². The number of hydrogen-bond donors (Lipinski definition) is 2. The van der Waals surface area contributed by atoms with E-state index in [1.807, 2.05) is 24.3 Å². The Morgan fingerprint density at radius 2 is 1.90 bits per heavy atom. The zero-order valence-electron chi connectivity index (χ0n) is 11.2. The van der Waals surface area contributed by atoms with Gasteiger partial charge < -0.3 is 20.2 Å². The largest absolute Gasteiger partial charge is 0.497 e. The fourth-order valence-corrected chi connectivity index (χ4v) is 2.03. The molecule has 0 radical (unpaired) electrons. The summed E-state index contributed by atoms with van der Waals surface area (Å²) in [6.07, 6.45) is 0. The number of nitrogens with two attached hydrogens (primary N) is 1. The number of nitrogen functional groups attached to an aromatic ring is 1. The molecule has 0 atom stereocenters. The Labute approximate surface area is 115 Å². The maximum Gasteiger partial charge on any atom is 0.180 e. The van der Waals surface area contributed by atoms with E-state index in [0.29, 0.717) is 23.0 Å². The summed E-state index contributed by atoms with van der Waals surface area (Å²) < 4.78 is 10.6. The number of anilines is 1. The highest BCUT2D eigenvalue weighted by Crippen LogP contribution is 2.32.